The maximum absolute atomic E-state index is 9.40. The average molecular weight is 360 g/mol. The number of nitrogens with one attached hydrogen (secondary N) is 1. The van der Waals surface area contributed by atoms with Gasteiger partial charge in [0.05, 0.1) is 4.99 Å². The van der Waals surface area contributed by atoms with Crippen molar-refractivity contribution in [2.75, 3.05) is 5.32 Å². The smallest absolute Gasteiger partial charge is 0.115 e. The van der Waals surface area contributed by atoms with Gasteiger partial charge in [-0.05, 0) is 73.4 Å². The number of benzene rings is 2. The van der Waals surface area contributed by atoms with E-state index in [0.717, 1.165) is 22.1 Å². The van der Waals surface area contributed by atoms with E-state index in [0.29, 0.717) is 17.6 Å². The van der Waals surface area contributed by atoms with Crippen molar-refractivity contribution in [2.45, 2.75) is 38.0 Å². The molecular weight excluding hydrogens is 338 g/mol. The number of thiocarbonyl (C=S) groups is 1. The topological polar surface area (TPSA) is 32.3 Å². The number of rotatable bonds is 4. The summed E-state index contributed by atoms with van der Waals surface area (Å²) in [6.45, 7) is 0. The predicted molar refractivity (Wildman–Crippen MR) is 105 cm³/mol. The molecule has 0 radical (unpaired) electrons. The van der Waals surface area contributed by atoms with Crippen molar-refractivity contribution in [3.05, 3.63) is 59.1 Å². The molecule has 0 bridgehead atoms. The van der Waals surface area contributed by atoms with Crippen LogP contribution in [0.15, 0.2) is 48.5 Å². The van der Waals surface area contributed by atoms with Crippen LogP contribution in [0.2, 0.25) is 5.02 Å². The van der Waals surface area contributed by atoms with E-state index in [9.17, 15) is 5.11 Å². The molecule has 0 saturated heterocycles. The second-order valence-corrected chi connectivity index (χ2v) is 7.50. The van der Waals surface area contributed by atoms with Gasteiger partial charge in [-0.1, -0.05) is 42.0 Å². The molecule has 2 N–H and O–H groups in total. The van der Waals surface area contributed by atoms with Crippen LogP contribution < -0.4 is 5.32 Å². The highest BCUT2D eigenvalue weighted by atomic mass is 35.5. The zero-order valence-electron chi connectivity index (χ0n) is 13.5. The first-order valence-electron chi connectivity index (χ1n) is 8.44. The molecule has 0 unspecified atom stereocenters. The molecule has 1 aliphatic carbocycles. The van der Waals surface area contributed by atoms with E-state index < -0.39 is 0 Å². The third-order valence-corrected chi connectivity index (χ3v) is 5.30. The lowest BCUT2D eigenvalue weighted by molar-refractivity contribution is 0.334. The zero-order chi connectivity index (χ0) is 16.9. The highest BCUT2D eigenvalue weighted by molar-refractivity contribution is 7.80. The largest absolute Gasteiger partial charge is 0.508 e. The average Bonchev–Trinajstić information content (AvgIpc) is 2.56. The molecule has 0 atom stereocenters. The second kappa shape index (κ2) is 8.00. The van der Waals surface area contributed by atoms with E-state index >= 15 is 0 Å². The molecule has 1 saturated carbocycles. The first-order valence-corrected chi connectivity index (χ1v) is 9.23. The third kappa shape index (κ3) is 4.71. The first kappa shape index (κ1) is 17.2. The van der Waals surface area contributed by atoms with Crippen LogP contribution in [-0.4, -0.2) is 10.1 Å². The van der Waals surface area contributed by atoms with Gasteiger partial charge >= 0.3 is 0 Å². The Bertz CT molecular complexity index is 693. The summed E-state index contributed by atoms with van der Waals surface area (Å²) in [4.78, 5) is 0.894. The molecule has 0 spiro atoms. The molecule has 4 heteroatoms. The standard InChI is InChI=1S/C20H22ClNOS/c21-17-2-1-3-18(13-17)22-20(24)12-14-4-6-15(7-5-14)16-8-10-19(23)11-9-16/h1-3,8-11,13-15,23H,4-7,12H2,(H,22,24). The van der Waals surface area contributed by atoms with Gasteiger partial charge in [-0.25, -0.2) is 0 Å². The normalized spacial score (nSPS) is 20.5. The van der Waals surface area contributed by atoms with E-state index in [1.807, 2.05) is 36.4 Å². The van der Waals surface area contributed by atoms with Crippen LogP contribution in [0.1, 0.15) is 43.6 Å². The quantitative estimate of drug-likeness (QED) is 0.642. The Balaban J connectivity index is 1.48. The highest BCUT2D eigenvalue weighted by Crippen LogP contribution is 2.37. The van der Waals surface area contributed by atoms with Crippen molar-refractivity contribution in [2.24, 2.45) is 5.92 Å². The number of halogens is 1. The summed E-state index contributed by atoms with van der Waals surface area (Å²) in [5, 5.41) is 13.4. The van der Waals surface area contributed by atoms with Gasteiger partial charge in [0, 0.05) is 17.1 Å². The molecule has 1 aliphatic rings. The molecule has 0 aliphatic heterocycles. The van der Waals surface area contributed by atoms with Crippen LogP contribution in [0.25, 0.3) is 0 Å². The molecule has 1 fully saturated rings. The molecule has 24 heavy (non-hydrogen) atoms. The van der Waals surface area contributed by atoms with Gasteiger partial charge in [0.1, 0.15) is 5.75 Å². The highest BCUT2D eigenvalue weighted by Gasteiger charge is 2.23. The zero-order valence-corrected chi connectivity index (χ0v) is 15.1. The fourth-order valence-electron chi connectivity index (χ4n) is 3.49. The van der Waals surface area contributed by atoms with E-state index in [1.165, 1.54) is 31.2 Å². The molecular formula is C20H22ClNOS. The van der Waals surface area contributed by atoms with Gasteiger partial charge in [0.15, 0.2) is 0 Å². The summed E-state index contributed by atoms with van der Waals surface area (Å²) in [5.74, 6) is 1.60. The Morgan fingerprint density at radius 2 is 1.79 bits per heavy atom. The van der Waals surface area contributed by atoms with Gasteiger partial charge in [0.25, 0.3) is 0 Å². The molecule has 2 nitrogen and oxygen atoms in total. The van der Waals surface area contributed by atoms with Crippen LogP contribution in [0.3, 0.4) is 0 Å². The van der Waals surface area contributed by atoms with Crippen molar-refractivity contribution >= 4 is 34.5 Å². The molecule has 3 rings (SSSR count). The van der Waals surface area contributed by atoms with Gasteiger partial charge in [-0.3, -0.25) is 0 Å². The van der Waals surface area contributed by atoms with E-state index in [1.54, 1.807) is 12.1 Å². The van der Waals surface area contributed by atoms with Crippen LogP contribution in [0.4, 0.5) is 5.69 Å². The Morgan fingerprint density at radius 1 is 1.08 bits per heavy atom. The van der Waals surface area contributed by atoms with E-state index in [2.05, 4.69) is 5.32 Å². The van der Waals surface area contributed by atoms with Gasteiger partial charge < -0.3 is 10.4 Å². The van der Waals surface area contributed by atoms with Crippen molar-refractivity contribution in [3.63, 3.8) is 0 Å². The number of phenols is 1. The number of hydrogen-bond donors (Lipinski definition) is 2. The fourth-order valence-corrected chi connectivity index (χ4v) is 4.03. The molecule has 0 heterocycles. The van der Waals surface area contributed by atoms with Crippen LogP contribution in [-0.2, 0) is 0 Å². The van der Waals surface area contributed by atoms with Gasteiger partial charge in [0.2, 0.25) is 0 Å². The van der Waals surface area contributed by atoms with Gasteiger partial charge in [-0.15, -0.1) is 0 Å². The Kier molecular flexibility index (Phi) is 5.75. The minimum absolute atomic E-state index is 0.338. The third-order valence-electron chi connectivity index (χ3n) is 4.79. The molecule has 126 valence electrons. The van der Waals surface area contributed by atoms with Crippen molar-refractivity contribution in [1.82, 2.24) is 0 Å². The minimum Gasteiger partial charge on any atom is -0.508 e. The molecule has 0 aromatic heterocycles. The first-order chi connectivity index (χ1) is 11.6. The SMILES string of the molecule is Oc1ccc(C2CCC(CC(=S)Nc3cccc(Cl)c3)CC2)cc1. The van der Waals surface area contributed by atoms with Crippen molar-refractivity contribution in [3.8, 4) is 5.75 Å². The van der Waals surface area contributed by atoms with Crippen molar-refractivity contribution < 1.29 is 5.11 Å². The maximum atomic E-state index is 9.40. The van der Waals surface area contributed by atoms with Gasteiger partial charge in [-0.2, -0.15) is 0 Å². The number of anilines is 1. The summed E-state index contributed by atoms with van der Waals surface area (Å²) in [7, 11) is 0. The lowest BCUT2D eigenvalue weighted by atomic mass is 9.77. The lowest BCUT2D eigenvalue weighted by Crippen LogP contribution is -2.19. The summed E-state index contributed by atoms with van der Waals surface area (Å²) >= 11 is 11.5. The minimum atomic E-state index is 0.338. The Labute approximate surface area is 153 Å². The van der Waals surface area contributed by atoms with E-state index in [-0.39, 0.29) is 0 Å². The maximum Gasteiger partial charge on any atom is 0.115 e. The Hall–Kier alpha value is -1.58. The second-order valence-electron chi connectivity index (χ2n) is 6.57. The monoisotopic (exact) mass is 359 g/mol. The van der Waals surface area contributed by atoms with Crippen LogP contribution >= 0.6 is 23.8 Å². The van der Waals surface area contributed by atoms with E-state index in [4.69, 9.17) is 23.8 Å². The molecule has 2 aromatic rings. The lowest BCUT2D eigenvalue weighted by Gasteiger charge is -2.29. The number of aromatic hydroxyl groups is 1. The summed E-state index contributed by atoms with van der Waals surface area (Å²) in [6, 6.07) is 15.3. The Morgan fingerprint density at radius 3 is 2.46 bits per heavy atom. The predicted octanol–water partition coefficient (Wildman–Crippen LogP) is 6.15. The van der Waals surface area contributed by atoms with Crippen LogP contribution in [0.5, 0.6) is 5.75 Å². The summed E-state index contributed by atoms with van der Waals surface area (Å²) in [6.07, 6.45) is 5.71. The fraction of sp³-hybridized carbons (Fsp3) is 0.350. The summed E-state index contributed by atoms with van der Waals surface area (Å²) in [5.41, 5.74) is 2.30. The van der Waals surface area contributed by atoms with Crippen LogP contribution in [0, 0.1) is 5.92 Å². The summed E-state index contributed by atoms with van der Waals surface area (Å²) < 4.78 is 0. The number of hydrogen-bond acceptors (Lipinski definition) is 2. The molecule has 0 amide bonds. The van der Waals surface area contributed by atoms with Crippen molar-refractivity contribution in [1.29, 1.82) is 0 Å². The number of phenolic OH excluding ortho intramolecular Hbond substituents is 1. The molecule has 2 aromatic carbocycles.